The molecule has 0 saturated carbocycles. The molecule has 6 aromatic heterocycles. The van der Waals surface area contributed by atoms with E-state index in [1.807, 2.05) is 0 Å². The Morgan fingerprint density at radius 2 is 0.660 bits per heavy atom. The number of hydrogen-bond donors (Lipinski definition) is 0. The zero-order valence-electron chi connectivity index (χ0n) is 56.6. The van der Waals surface area contributed by atoms with Gasteiger partial charge in [-0.25, -0.2) is 19.9 Å². The van der Waals surface area contributed by atoms with Gasteiger partial charge in [0.2, 0.25) is 0 Å². The number of benzene rings is 7. The number of hydrogen-bond acceptors (Lipinski definition) is 6. The largest absolute Gasteiger partial charge is 0.456 e. The van der Waals surface area contributed by atoms with Crippen molar-refractivity contribution in [1.29, 1.82) is 0 Å². The van der Waals surface area contributed by atoms with Gasteiger partial charge in [0.25, 0.3) is 13.4 Å². The fourth-order valence-corrected chi connectivity index (χ4v) is 15.7. The molecule has 0 N–H and O–H groups in total. The molecule has 0 aliphatic carbocycles. The van der Waals surface area contributed by atoms with Crippen molar-refractivity contribution in [3.05, 3.63) is 203 Å². The Bertz CT molecular complexity index is 5020. The SMILES string of the molecule is CCCc1ccc2c(c1)B1c3c(c4c5c(c3-n3c6ccc(-c7ccc(C(C)(C)C)cc7)nc6c6nc(-c7ccc(C(C)(C)C)cc7)cc1c63)Oc1ccc(CCC)cc1B5c1cc(-c3ccc(C(C)(C)C)cc3)nc3c5nc(-c6ccc(C(C)(C)C)cc6)ccc5n-4c13)O2. The Labute approximate surface area is 552 Å². The molecule has 94 heavy (non-hydrogen) atoms. The lowest BCUT2D eigenvalue weighted by atomic mass is 9.31. The van der Waals surface area contributed by atoms with Crippen LogP contribution in [0, 0.1) is 0 Å². The van der Waals surface area contributed by atoms with E-state index < -0.39 is 0 Å². The molecule has 17 rings (SSSR count). The van der Waals surface area contributed by atoms with Crippen LogP contribution in [0.25, 0.3) is 101 Å². The van der Waals surface area contributed by atoms with Crippen molar-refractivity contribution in [2.75, 3.05) is 0 Å². The van der Waals surface area contributed by atoms with Crippen LogP contribution < -0.4 is 42.3 Å². The second-order valence-electron chi connectivity index (χ2n) is 31.2. The molecule has 462 valence electrons. The first-order valence-corrected chi connectivity index (χ1v) is 34.0. The van der Waals surface area contributed by atoms with Gasteiger partial charge in [0.15, 0.2) is 0 Å². The standard InChI is InChI=1S/C84H78B2N6O2/c1-15-17-47-19-41-67-57(43-47)85-59-45-63(51-25-33-55(34-26-51)83(9,10)11)89-73-71-65(39-37-61(87-71)49-21-29-53(30-22-49)81(3,4)5)91(75(59)73)77-69(85)79(93-67)78-70-80(77)94-68-42-20-48(18-16-2)44-58(68)86(70)60-46-64(52-27-35-56(36-28-52)84(12,13)14)90-74-72-66(92(78)76(60)74)40-38-62(88-72)50-23-31-54(32-24-50)82(6,7)8/h19-46H,15-18H2,1-14H3. The van der Waals surface area contributed by atoms with Gasteiger partial charge in [-0.15, -0.1) is 0 Å². The molecule has 0 bridgehead atoms. The van der Waals surface area contributed by atoms with Crippen LogP contribution >= 0.6 is 0 Å². The van der Waals surface area contributed by atoms with Crippen molar-refractivity contribution in [3.8, 4) is 79.4 Å². The van der Waals surface area contributed by atoms with E-state index in [0.717, 1.165) is 182 Å². The lowest BCUT2D eigenvalue weighted by Gasteiger charge is -2.41. The molecule has 0 spiro atoms. The average molecular weight is 1230 g/mol. The highest BCUT2D eigenvalue weighted by atomic mass is 16.5. The lowest BCUT2D eigenvalue weighted by Crippen LogP contribution is -2.63. The topological polar surface area (TPSA) is 79.9 Å². The zero-order chi connectivity index (χ0) is 64.8. The summed E-state index contributed by atoms with van der Waals surface area (Å²) in [4.78, 5) is 23.2. The summed E-state index contributed by atoms with van der Waals surface area (Å²) in [6.07, 6.45) is 3.90. The molecule has 0 saturated heterocycles. The Kier molecular flexibility index (Phi) is 12.7. The van der Waals surface area contributed by atoms with Gasteiger partial charge in [-0.05, 0) is 138 Å². The molecule has 4 aliphatic heterocycles. The summed E-state index contributed by atoms with van der Waals surface area (Å²) in [5.74, 6) is 3.30. The van der Waals surface area contributed by atoms with Crippen molar-refractivity contribution in [2.45, 2.75) is 144 Å². The minimum atomic E-state index is -0.308. The minimum absolute atomic E-state index is 0.00521. The van der Waals surface area contributed by atoms with Gasteiger partial charge in [0.1, 0.15) is 45.1 Å². The number of fused-ring (bicyclic) bond motifs is 16. The van der Waals surface area contributed by atoms with Crippen LogP contribution in [0.4, 0.5) is 0 Å². The number of aromatic nitrogens is 6. The third-order valence-electron chi connectivity index (χ3n) is 20.7. The molecule has 8 nitrogen and oxygen atoms in total. The second kappa shape index (κ2) is 20.5. The van der Waals surface area contributed by atoms with Crippen LogP contribution in [-0.2, 0) is 34.5 Å². The highest BCUT2D eigenvalue weighted by molar-refractivity contribution is 7.02. The summed E-state index contributed by atoms with van der Waals surface area (Å²) in [7, 11) is 0. The maximum Gasteiger partial charge on any atom is 0.256 e. The minimum Gasteiger partial charge on any atom is -0.456 e. The van der Waals surface area contributed by atoms with E-state index in [2.05, 4.69) is 276 Å². The monoisotopic (exact) mass is 1220 g/mol. The van der Waals surface area contributed by atoms with Crippen LogP contribution in [0.5, 0.6) is 23.0 Å². The molecule has 0 unspecified atom stereocenters. The fourth-order valence-electron chi connectivity index (χ4n) is 15.7. The first-order chi connectivity index (χ1) is 45.0. The number of pyridine rings is 4. The number of aryl methyl sites for hydroxylation is 2. The third-order valence-corrected chi connectivity index (χ3v) is 20.7. The van der Waals surface area contributed by atoms with E-state index in [0.29, 0.717) is 0 Å². The normalized spacial score (nSPS) is 13.7. The first-order valence-electron chi connectivity index (χ1n) is 34.0. The van der Waals surface area contributed by atoms with Crippen molar-refractivity contribution in [3.63, 3.8) is 0 Å². The quantitative estimate of drug-likeness (QED) is 0.141. The second-order valence-corrected chi connectivity index (χ2v) is 31.2. The van der Waals surface area contributed by atoms with Gasteiger partial charge >= 0.3 is 0 Å². The van der Waals surface area contributed by atoms with E-state index in [-0.39, 0.29) is 35.1 Å². The predicted octanol–water partition coefficient (Wildman–Crippen LogP) is 17.1. The third kappa shape index (κ3) is 8.87. The molecule has 10 heteroatoms. The highest BCUT2D eigenvalue weighted by Gasteiger charge is 2.51. The van der Waals surface area contributed by atoms with Crippen LogP contribution in [0.1, 0.15) is 143 Å². The molecular weight excluding hydrogens is 1150 g/mol. The number of rotatable bonds is 8. The van der Waals surface area contributed by atoms with Gasteiger partial charge in [-0.1, -0.05) is 231 Å². The smallest absolute Gasteiger partial charge is 0.256 e. The molecule has 4 aliphatic rings. The van der Waals surface area contributed by atoms with Crippen molar-refractivity contribution < 1.29 is 9.47 Å². The van der Waals surface area contributed by atoms with Crippen LogP contribution in [0.15, 0.2) is 170 Å². The van der Waals surface area contributed by atoms with E-state index in [4.69, 9.17) is 29.4 Å². The van der Waals surface area contributed by atoms with Crippen molar-refractivity contribution >= 4 is 90.3 Å². The number of nitrogens with zero attached hydrogens (tertiary/aromatic N) is 6. The first kappa shape index (κ1) is 58.3. The van der Waals surface area contributed by atoms with E-state index in [1.165, 1.54) is 33.4 Å². The lowest BCUT2D eigenvalue weighted by molar-refractivity contribution is 0.472. The fraction of sp³-hybridized carbons (Fsp3) is 0.262. The van der Waals surface area contributed by atoms with E-state index >= 15 is 0 Å². The average Bonchev–Trinajstić information content (AvgIpc) is 1.30. The maximum absolute atomic E-state index is 7.91. The predicted molar refractivity (Wildman–Crippen MR) is 393 cm³/mol. The summed E-state index contributed by atoms with van der Waals surface area (Å²) in [5.41, 5.74) is 31.3. The van der Waals surface area contributed by atoms with Crippen LogP contribution in [0.3, 0.4) is 0 Å². The molecule has 0 amide bonds. The molecular formula is C84H78B2N6O2. The summed E-state index contributed by atoms with van der Waals surface area (Å²) in [5, 5.41) is 0. The molecule has 0 radical (unpaired) electrons. The zero-order valence-corrected chi connectivity index (χ0v) is 56.6. The van der Waals surface area contributed by atoms with E-state index in [1.54, 1.807) is 0 Å². The van der Waals surface area contributed by atoms with Crippen molar-refractivity contribution in [2.24, 2.45) is 0 Å². The van der Waals surface area contributed by atoms with Gasteiger partial charge < -0.3 is 18.6 Å². The van der Waals surface area contributed by atoms with Crippen LogP contribution in [-0.4, -0.2) is 42.5 Å². The molecule has 7 aromatic carbocycles. The van der Waals surface area contributed by atoms with Gasteiger partial charge in [-0.2, -0.15) is 0 Å². The number of ether oxygens (including phenoxy) is 2. The molecule has 0 atom stereocenters. The maximum atomic E-state index is 7.91. The Hall–Kier alpha value is -9.53. The Morgan fingerprint density at radius 1 is 0.340 bits per heavy atom. The van der Waals surface area contributed by atoms with E-state index in [9.17, 15) is 0 Å². The van der Waals surface area contributed by atoms with Crippen LogP contribution in [0.2, 0.25) is 0 Å². The molecule has 10 heterocycles. The Balaban J connectivity index is 1.02. The van der Waals surface area contributed by atoms with Gasteiger partial charge in [0, 0.05) is 33.2 Å². The molecule has 0 fully saturated rings. The summed E-state index contributed by atoms with van der Waals surface area (Å²) in [6.45, 7) is 31.2. The van der Waals surface area contributed by atoms with Crippen molar-refractivity contribution in [1.82, 2.24) is 29.1 Å². The Morgan fingerprint density at radius 3 is 0.979 bits per heavy atom. The van der Waals surface area contributed by atoms with Gasteiger partial charge in [0.05, 0.1) is 56.2 Å². The summed E-state index contributed by atoms with van der Waals surface area (Å²) < 4.78 is 20.8. The highest BCUT2D eigenvalue weighted by Crippen LogP contribution is 2.49. The van der Waals surface area contributed by atoms with Gasteiger partial charge in [-0.3, -0.25) is 0 Å². The summed E-state index contributed by atoms with van der Waals surface area (Å²) in [6, 6.07) is 63.6. The summed E-state index contributed by atoms with van der Waals surface area (Å²) >= 11 is 0. The molecule has 13 aromatic rings.